The Bertz CT molecular complexity index is 953. The molecule has 1 aromatic rings. The normalized spacial score (nSPS) is 38.4. The molecule has 0 radical (unpaired) electrons. The first kappa shape index (κ1) is 21.5. The third kappa shape index (κ3) is 3.19. The van der Waals surface area contributed by atoms with Crippen LogP contribution in [-0.2, 0) is 16.1 Å². The van der Waals surface area contributed by atoms with Gasteiger partial charge in [-0.15, -0.1) is 0 Å². The summed E-state index contributed by atoms with van der Waals surface area (Å²) < 4.78 is 5.27. The third-order valence-electron chi connectivity index (χ3n) is 9.57. The number of fused-ring (bicyclic) bond motifs is 5. The fourth-order valence-corrected chi connectivity index (χ4v) is 7.99. The van der Waals surface area contributed by atoms with Gasteiger partial charge in [0, 0.05) is 18.0 Å². The lowest BCUT2D eigenvalue weighted by Gasteiger charge is -2.60. The minimum atomic E-state index is -1.10. The van der Waals surface area contributed by atoms with Crippen molar-refractivity contribution in [2.75, 3.05) is 7.11 Å². The first-order chi connectivity index (χ1) is 15.3. The van der Waals surface area contributed by atoms with Crippen LogP contribution in [-0.4, -0.2) is 35.0 Å². The Morgan fingerprint density at radius 2 is 1.84 bits per heavy atom. The summed E-state index contributed by atoms with van der Waals surface area (Å²) in [6, 6.07) is 7.79. The van der Waals surface area contributed by atoms with Gasteiger partial charge in [-0.05, 0) is 79.4 Å². The summed E-state index contributed by atoms with van der Waals surface area (Å²) in [5.41, 5.74) is 1.12. The lowest BCUT2D eigenvalue weighted by molar-refractivity contribution is -0.148. The molecule has 1 N–H and O–H groups in total. The number of nitrogens with zero attached hydrogens (tertiary/aromatic N) is 1. The van der Waals surface area contributed by atoms with Crippen molar-refractivity contribution in [3.05, 3.63) is 41.5 Å². The zero-order chi connectivity index (χ0) is 22.7. The van der Waals surface area contributed by atoms with Crippen LogP contribution in [0.5, 0.6) is 5.75 Å². The molecule has 3 saturated carbocycles. The molecule has 1 aliphatic heterocycles. The number of rotatable bonds is 4. The molecule has 0 spiro atoms. The monoisotopic (exact) mass is 437 g/mol. The summed E-state index contributed by atoms with van der Waals surface area (Å²) in [4.78, 5) is 27.3. The van der Waals surface area contributed by atoms with Crippen molar-refractivity contribution in [2.45, 2.75) is 71.4 Å². The van der Waals surface area contributed by atoms with E-state index >= 15 is 0 Å². The van der Waals surface area contributed by atoms with Crippen LogP contribution in [0.2, 0.25) is 0 Å². The summed E-state index contributed by atoms with van der Waals surface area (Å²) in [5, 5.41) is 9.92. The maximum Gasteiger partial charge on any atom is 0.341 e. The molecule has 3 aliphatic carbocycles. The highest BCUT2D eigenvalue weighted by Gasteiger charge is 2.59. The average molecular weight is 438 g/mol. The molecule has 1 heterocycles. The van der Waals surface area contributed by atoms with Crippen molar-refractivity contribution in [3.63, 3.8) is 0 Å². The van der Waals surface area contributed by atoms with Gasteiger partial charge in [0.2, 0.25) is 0 Å². The van der Waals surface area contributed by atoms with Crippen LogP contribution in [0.15, 0.2) is 35.9 Å². The predicted octanol–water partition coefficient (Wildman–Crippen LogP) is 5.05. The van der Waals surface area contributed by atoms with Gasteiger partial charge >= 0.3 is 5.97 Å². The van der Waals surface area contributed by atoms with Crippen molar-refractivity contribution < 1.29 is 19.4 Å². The van der Waals surface area contributed by atoms with Crippen molar-refractivity contribution in [2.24, 2.45) is 28.6 Å². The zero-order valence-corrected chi connectivity index (χ0v) is 19.5. The molecule has 0 saturated heterocycles. The minimum absolute atomic E-state index is 0.0438. The average Bonchev–Trinajstić information content (AvgIpc) is 3.18. The third-order valence-corrected chi connectivity index (χ3v) is 9.57. The maximum atomic E-state index is 13.3. The Kier molecular flexibility index (Phi) is 5.14. The van der Waals surface area contributed by atoms with Gasteiger partial charge in [-0.3, -0.25) is 4.79 Å². The number of ether oxygens (including phenoxy) is 1. The first-order valence-electron chi connectivity index (χ1n) is 12.2. The first-order valence-corrected chi connectivity index (χ1v) is 12.2. The molecule has 3 fully saturated rings. The van der Waals surface area contributed by atoms with E-state index in [2.05, 4.69) is 13.8 Å². The molecule has 172 valence electrons. The molecule has 6 atom stereocenters. The molecule has 32 heavy (non-hydrogen) atoms. The van der Waals surface area contributed by atoms with E-state index in [9.17, 15) is 14.7 Å². The lowest BCUT2D eigenvalue weighted by atomic mass is 9.48. The van der Waals surface area contributed by atoms with Gasteiger partial charge in [0.05, 0.1) is 7.11 Å². The smallest absolute Gasteiger partial charge is 0.341 e. The van der Waals surface area contributed by atoms with Gasteiger partial charge in [-0.25, -0.2) is 4.79 Å². The fraction of sp³-hybridized carbons (Fsp3) is 0.630. The van der Waals surface area contributed by atoms with E-state index in [0.29, 0.717) is 23.8 Å². The number of aliphatic carboxylic acids is 1. The number of methoxy groups -OCH3 is 1. The van der Waals surface area contributed by atoms with Crippen LogP contribution >= 0.6 is 0 Å². The Hall–Kier alpha value is -2.30. The molecule has 5 rings (SSSR count). The van der Waals surface area contributed by atoms with Crippen molar-refractivity contribution in [1.82, 2.24) is 4.90 Å². The number of carboxylic acids is 1. The van der Waals surface area contributed by atoms with Gasteiger partial charge in [-0.2, -0.15) is 0 Å². The Morgan fingerprint density at radius 3 is 2.53 bits per heavy atom. The van der Waals surface area contributed by atoms with Gasteiger partial charge in [0.1, 0.15) is 11.3 Å². The van der Waals surface area contributed by atoms with Crippen LogP contribution in [0.3, 0.4) is 0 Å². The highest BCUT2D eigenvalue weighted by molar-refractivity contribution is 6.16. The van der Waals surface area contributed by atoms with Crippen molar-refractivity contribution in [1.29, 1.82) is 0 Å². The number of carbonyl (C=O) groups is 2. The second kappa shape index (κ2) is 7.64. The van der Waals surface area contributed by atoms with Crippen molar-refractivity contribution in [3.8, 4) is 5.75 Å². The summed E-state index contributed by atoms with van der Waals surface area (Å²) in [6.07, 6.45) is 10.3. The van der Waals surface area contributed by atoms with Crippen LogP contribution in [0.4, 0.5) is 0 Å². The number of carbonyl (C=O) groups excluding carboxylic acids is 1. The lowest BCUT2D eigenvalue weighted by Crippen LogP contribution is -2.61. The van der Waals surface area contributed by atoms with Crippen LogP contribution in [0, 0.1) is 28.6 Å². The van der Waals surface area contributed by atoms with Gasteiger partial charge in [0.15, 0.2) is 0 Å². The maximum absolute atomic E-state index is 13.3. The molecular formula is C27H35NO4. The second-order valence-electron chi connectivity index (χ2n) is 11.1. The molecule has 0 aromatic heterocycles. The van der Waals surface area contributed by atoms with E-state index in [1.54, 1.807) is 7.11 Å². The molecule has 5 nitrogen and oxygen atoms in total. The number of hydrogen-bond acceptors (Lipinski definition) is 3. The highest BCUT2D eigenvalue weighted by atomic mass is 16.5. The Labute approximate surface area is 190 Å². The van der Waals surface area contributed by atoms with E-state index < -0.39 is 5.97 Å². The largest absolute Gasteiger partial charge is 0.497 e. The SMILES string of the molecule is COc1ccc(CN2C(=O)C(C(=O)O)=C[C@@]3(C)C2CC[C@@H]2[C@H]3CC[C@]3(C)CCC[C@@H]23)cc1. The Morgan fingerprint density at radius 1 is 1.09 bits per heavy atom. The Balaban J connectivity index is 1.51. The van der Waals surface area contributed by atoms with Gasteiger partial charge in [0.25, 0.3) is 5.91 Å². The highest BCUT2D eigenvalue weighted by Crippen LogP contribution is 2.64. The predicted molar refractivity (Wildman–Crippen MR) is 122 cm³/mol. The number of carboxylic acid groups (broad SMARTS) is 1. The molecule has 0 bridgehead atoms. The van der Waals surface area contributed by atoms with Crippen LogP contribution in [0.25, 0.3) is 0 Å². The van der Waals surface area contributed by atoms with E-state index in [0.717, 1.165) is 36.5 Å². The van der Waals surface area contributed by atoms with Crippen LogP contribution in [0.1, 0.15) is 64.4 Å². The number of hydrogen-bond donors (Lipinski definition) is 1. The molecule has 1 amide bonds. The molecule has 4 aliphatic rings. The molecule has 1 aromatic carbocycles. The summed E-state index contributed by atoms with van der Waals surface area (Å²) >= 11 is 0. The summed E-state index contributed by atoms with van der Waals surface area (Å²) in [5.74, 6) is 1.16. The quantitative estimate of drug-likeness (QED) is 0.670. The van der Waals surface area contributed by atoms with E-state index in [-0.39, 0.29) is 22.9 Å². The van der Waals surface area contributed by atoms with E-state index in [4.69, 9.17) is 4.74 Å². The van der Waals surface area contributed by atoms with E-state index in [1.165, 1.54) is 25.7 Å². The summed E-state index contributed by atoms with van der Waals surface area (Å²) in [6.45, 7) is 5.16. The molecule has 1 unspecified atom stereocenters. The van der Waals surface area contributed by atoms with Gasteiger partial charge < -0.3 is 14.7 Å². The molecule has 5 heteroatoms. The number of benzene rings is 1. The minimum Gasteiger partial charge on any atom is -0.497 e. The van der Waals surface area contributed by atoms with Gasteiger partial charge in [-0.1, -0.05) is 38.5 Å². The number of amides is 1. The zero-order valence-electron chi connectivity index (χ0n) is 19.5. The van der Waals surface area contributed by atoms with Crippen LogP contribution < -0.4 is 4.74 Å². The van der Waals surface area contributed by atoms with E-state index in [1.807, 2.05) is 35.2 Å². The summed E-state index contributed by atoms with van der Waals surface area (Å²) in [7, 11) is 1.64. The second-order valence-corrected chi connectivity index (χ2v) is 11.1. The molecular weight excluding hydrogens is 402 g/mol. The van der Waals surface area contributed by atoms with Crippen molar-refractivity contribution >= 4 is 11.9 Å². The standard InChI is InChI=1S/C27H35NO4/c1-26-13-4-5-21(26)19-10-11-23-27(2,22(19)12-14-26)15-20(25(30)31)24(29)28(23)16-17-6-8-18(32-3)9-7-17/h6-9,15,19,21-23H,4-5,10-14,16H2,1-3H3,(H,30,31)/t19-,21-,22+,23?,26-,27+/m0/s1. The topological polar surface area (TPSA) is 66.8 Å². The fourth-order valence-electron chi connectivity index (χ4n) is 7.99.